The molecule has 3 aromatic heterocycles. The molecule has 0 aromatic carbocycles. The highest BCUT2D eigenvalue weighted by atomic mass is 35.5. The molecule has 0 aliphatic heterocycles. The second-order valence-electron chi connectivity index (χ2n) is 3.83. The molecule has 3 aromatic rings. The molecular weight excluding hydrogens is 268 g/mol. The molecule has 18 heavy (non-hydrogen) atoms. The van der Waals surface area contributed by atoms with Gasteiger partial charge < -0.3 is 5.32 Å². The first-order chi connectivity index (χ1) is 8.81. The minimum Gasteiger partial charge on any atom is -0.370 e. The van der Waals surface area contributed by atoms with Crippen LogP contribution in [0.5, 0.6) is 0 Å². The van der Waals surface area contributed by atoms with Crippen molar-refractivity contribution in [1.29, 1.82) is 0 Å². The molecule has 0 radical (unpaired) electrons. The number of rotatable bonds is 4. The third-order valence-electron chi connectivity index (χ3n) is 2.56. The largest absolute Gasteiger partial charge is 0.370 e. The number of anilines is 1. The summed E-state index contributed by atoms with van der Waals surface area (Å²) in [5.74, 6) is 0.866. The van der Waals surface area contributed by atoms with Crippen molar-refractivity contribution in [3.8, 4) is 0 Å². The molecule has 0 spiro atoms. The summed E-state index contributed by atoms with van der Waals surface area (Å²) in [5.41, 5.74) is 0.846. The summed E-state index contributed by atoms with van der Waals surface area (Å²) in [6, 6.07) is 7.78. The quantitative estimate of drug-likeness (QED) is 0.797. The van der Waals surface area contributed by atoms with Crippen LogP contribution in [0.4, 0.5) is 5.82 Å². The molecule has 3 heterocycles. The Morgan fingerprint density at radius 2 is 2.22 bits per heavy atom. The standard InChI is InChI=1S/C12H11ClN4S/c13-10-2-1-9(18-10)3-6-14-11-5-8-17-12(16-11)4-7-15-17/h1-2,4-5,7-8H,3,6H2,(H,14,16). The minimum atomic E-state index is 0.837. The van der Waals surface area contributed by atoms with E-state index in [1.165, 1.54) is 4.88 Å². The van der Waals surface area contributed by atoms with E-state index in [4.69, 9.17) is 11.6 Å². The van der Waals surface area contributed by atoms with Crippen molar-refractivity contribution in [1.82, 2.24) is 14.6 Å². The molecule has 92 valence electrons. The fourth-order valence-corrected chi connectivity index (χ4v) is 2.80. The maximum Gasteiger partial charge on any atom is 0.157 e. The number of nitrogens with one attached hydrogen (secondary N) is 1. The van der Waals surface area contributed by atoms with Gasteiger partial charge in [0.15, 0.2) is 5.65 Å². The van der Waals surface area contributed by atoms with Gasteiger partial charge in [0.25, 0.3) is 0 Å². The minimum absolute atomic E-state index is 0.837. The molecule has 0 atom stereocenters. The molecular formula is C12H11ClN4S. The molecule has 4 nitrogen and oxygen atoms in total. The Morgan fingerprint density at radius 1 is 1.28 bits per heavy atom. The van der Waals surface area contributed by atoms with Crippen molar-refractivity contribution in [2.75, 3.05) is 11.9 Å². The Balaban J connectivity index is 1.62. The Morgan fingerprint density at radius 3 is 3.06 bits per heavy atom. The number of aromatic nitrogens is 3. The predicted octanol–water partition coefficient (Wildman–Crippen LogP) is 3.10. The van der Waals surface area contributed by atoms with Crippen LogP contribution < -0.4 is 5.32 Å². The average Bonchev–Trinajstić information content (AvgIpc) is 2.97. The highest BCUT2D eigenvalue weighted by molar-refractivity contribution is 7.16. The van der Waals surface area contributed by atoms with Crippen LogP contribution in [0.15, 0.2) is 36.7 Å². The van der Waals surface area contributed by atoms with Gasteiger partial charge in [-0.1, -0.05) is 11.6 Å². The predicted molar refractivity (Wildman–Crippen MR) is 74.5 cm³/mol. The summed E-state index contributed by atoms with van der Waals surface area (Å²) >= 11 is 7.50. The smallest absolute Gasteiger partial charge is 0.157 e. The molecule has 1 N–H and O–H groups in total. The third-order valence-corrected chi connectivity index (χ3v) is 3.86. The van der Waals surface area contributed by atoms with E-state index in [1.54, 1.807) is 22.0 Å². The summed E-state index contributed by atoms with van der Waals surface area (Å²) in [6.45, 7) is 0.841. The van der Waals surface area contributed by atoms with Crippen LogP contribution in [0.3, 0.4) is 0 Å². The van der Waals surface area contributed by atoms with Gasteiger partial charge in [0, 0.05) is 23.7 Å². The van der Waals surface area contributed by atoms with E-state index in [1.807, 2.05) is 24.4 Å². The second kappa shape index (κ2) is 4.96. The molecule has 0 aliphatic rings. The molecule has 0 amide bonds. The lowest BCUT2D eigenvalue weighted by Gasteiger charge is -2.04. The molecule has 6 heteroatoms. The van der Waals surface area contributed by atoms with E-state index < -0.39 is 0 Å². The number of halogens is 1. The first-order valence-electron chi connectivity index (χ1n) is 5.60. The summed E-state index contributed by atoms with van der Waals surface area (Å²) < 4.78 is 2.58. The first-order valence-corrected chi connectivity index (χ1v) is 6.79. The molecule has 0 unspecified atom stereocenters. The lowest BCUT2D eigenvalue weighted by atomic mass is 10.3. The van der Waals surface area contributed by atoms with Crippen LogP contribution in [0.25, 0.3) is 5.65 Å². The van der Waals surface area contributed by atoms with Crippen LogP contribution in [-0.2, 0) is 6.42 Å². The van der Waals surface area contributed by atoms with Gasteiger partial charge in [0.1, 0.15) is 5.82 Å². The van der Waals surface area contributed by atoms with Gasteiger partial charge in [0.2, 0.25) is 0 Å². The second-order valence-corrected chi connectivity index (χ2v) is 5.63. The Hall–Kier alpha value is -1.59. The molecule has 0 fully saturated rings. The van der Waals surface area contributed by atoms with Crippen molar-refractivity contribution < 1.29 is 0 Å². The van der Waals surface area contributed by atoms with Gasteiger partial charge in [-0.25, -0.2) is 9.50 Å². The monoisotopic (exact) mass is 278 g/mol. The van der Waals surface area contributed by atoms with E-state index in [0.717, 1.165) is 28.8 Å². The number of fused-ring (bicyclic) bond motifs is 1. The van der Waals surface area contributed by atoms with Gasteiger partial charge in [0.05, 0.1) is 10.5 Å². The van der Waals surface area contributed by atoms with Crippen LogP contribution in [-0.4, -0.2) is 21.1 Å². The van der Waals surface area contributed by atoms with Gasteiger partial charge in [-0.3, -0.25) is 0 Å². The molecule has 0 bridgehead atoms. The summed E-state index contributed by atoms with van der Waals surface area (Å²) in [5, 5.41) is 7.40. The van der Waals surface area contributed by atoms with E-state index in [2.05, 4.69) is 21.5 Å². The average molecular weight is 279 g/mol. The van der Waals surface area contributed by atoms with Crippen molar-refractivity contribution in [2.45, 2.75) is 6.42 Å². The zero-order valence-corrected chi connectivity index (χ0v) is 11.1. The van der Waals surface area contributed by atoms with Gasteiger partial charge >= 0.3 is 0 Å². The highest BCUT2D eigenvalue weighted by Gasteiger charge is 2.00. The topological polar surface area (TPSA) is 42.2 Å². The van der Waals surface area contributed by atoms with Crippen molar-refractivity contribution >= 4 is 34.4 Å². The summed E-state index contributed by atoms with van der Waals surface area (Å²) in [4.78, 5) is 5.71. The maximum atomic E-state index is 5.89. The molecule has 3 rings (SSSR count). The van der Waals surface area contributed by atoms with Crippen molar-refractivity contribution in [2.24, 2.45) is 0 Å². The molecule has 0 saturated carbocycles. The van der Waals surface area contributed by atoms with E-state index in [0.29, 0.717) is 0 Å². The number of hydrogen-bond donors (Lipinski definition) is 1. The van der Waals surface area contributed by atoms with Crippen molar-refractivity contribution in [3.05, 3.63) is 45.9 Å². The van der Waals surface area contributed by atoms with Crippen LogP contribution in [0.1, 0.15) is 4.88 Å². The fourth-order valence-electron chi connectivity index (χ4n) is 1.71. The Kier molecular flexibility index (Phi) is 3.17. The first kappa shape index (κ1) is 11.5. The summed E-state index contributed by atoms with van der Waals surface area (Å²) in [7, 11) is 0. The molecule has 0 aliphatic carbocycles. The van der Waals surface area contributed by atoms with Crippen molar-refractivity contribution in [3.63, 3.8) is 0 Å². The number of nitrogens with zero attached hydrogens (tertiary/aromatic N) is 3. The number of hydrogen-bond acceptors (Lipinski definition) is 4. The normalized spacial score (nSPS) is 10.9. The zero-order valence-electron chi connectivity index (χ0n) is 9.51. The van der Waals surface area contributed by atoms with Crippen LogP contribution in [0.2, 0.25) is 4.34 Å². The Labute approximate surface area is 113 Å². The highest BCUT2D eigenvalue weighted by Crippen LogP contribution is 2.21. The van der Waals surface area contributed by atoms with E-state index in [9.17, 15) is 0 Å². The van der Waals surface area contributed by atoms with E-state index in [-0.39, 0.29) is 0 Å². The van der Waals surface area contributed by atoms with Gasteiger partial charge in [-0.2, -0.15) is 5.10 Å². The molecule has 0 saturated heterocycles. The summed E-state index contributed by atoms with van der Waals surface area (Å²) in [6.07, 6.45) is 4.58. The maximum absolute atomic E-state index is 5.89. The third kappa shape index (κ3) is 2.47. The van der Waals surface area contributed by atoms with E-state index >= 15 is 0 Å². The Bertz CT molecular complexity index is 661. The van der Waals surface area contributed by atoms with Crippen LogP contribution in [0, 0.1) is 0 Å². The SMILES string of the molecule is Clc1ccc(CCNc2ccn3nccc3n2)s1. The fraction of sp³-hybridized carbons (Fsp3) is 0.167. The van der Waals surface area contributed by atoms with Gasteiger partial charge in [-0.05, 0) is 24.6 Å². The number of thiophene rings is 1. The zero-order chi connectivity index (χ0) is 12.4. The van der Waals surface area contributed by atoms with Gasteiger partial charge in [-0.15, -0.1) is 11.3 Å². The van der Waals surface area contributed by atoms with Crippen LogP contribution >= 0.6 is 22.9 Å². The lowest BCUT2D eigenvalue weighted by Crippen LogP contribution is -2.06. The lowest BCUT2D eigenvalue weighted by molar-refractivity contribution is 0.934.